The van der Waals surface area contributed by atoms with Gasteiger partial charge in [-0.3, -0.25) is 4.57 Å². The number of hydrogen-bond donors (Lipinski definition) is 0. The van der Waals surface area contributed by atoms with Crippen molar-refractivity contribution >= 4 is 85.8 Å². The zero-order valence-electron chi connectivity index (χ0n) is 23.5. The van der Waals surface area contributed by atoms with Crippen molar-refractivity contribution in [3.63, 3.8) is 0 Å². The Hall–Kier alpha value is -5.58. The van der Waals surface area contributed by atoms with Crippen LogP contribution in [0, 0.1) is 0 Å². The molecule has 0 N–H and O–H groups in total. The lowest BCUT2D eigenvalue weighted by Gasteiger charge is -2.12. The molecule has 10 aromatic rings. The second-order valence-corrected chi connectivity index (χ2v) is 12.5. The Morgan fingerprint density at radius 2 is 1.16 bits per heavy atom. The summed E-state index contributed by atoms with van der Waals surface area (Å²) in [6.45, 7) is 0. The highest BCUT2D eigenvalue weighted by molar-refractivity contribution is 7.25. The van der Waals surface area contributed by atoms with Gasteiger partial charge in [-0.15, -0.1) is 11.3 Å². The molecule has 0 bridgehead atoms. The Morgan fingerprint density at radius 3 is 2.05 bits per heavy atom. The van der Waals surface area contributed by atoms with Crippen LogP contribution in [-0.4, -0.2) is 14.5 Å². The normalized spacial score (nSPS) is 12.1. The number of thiophene rings is 1. The molecule has 3 aromatic heterocycles. The lowest BCUT2D eigenvalue weighted by Crippen LogP contribution is -2.03. The van der Waals surface area contributed by atoms with Crippen LogP contribution in [0.1, 0.15) is 0 Å². The Bertz CT molecular complexity index is 2790. The average Bonchev–Trinajstić information content (AvgIpc) is 3.61. The lowest BCUT2D eigenvalue weighted by molar-refractivity contribution is 1.01. The monoisotopic (exact) mass is 577 g/mol. The summed E-state index contributed by atoms with van der Waals surface area (Å²) in [5.41, 5.74) is 5.19. The molecule has 0 aliphatic rings. The molecule has 10 rings (SSSR count). The second kappa shape index (κ2) is 8.96. The van der Waals surface area contributed by atoms with E-state index in [0.717, 1.165) is 33.2 Å². The maximum absolute atomic E-state index is 5.39. The molecule has 3 nitrogen and oxygen atoms in total. The van der Waals surface area contributed by atoms with Crippen LogP contribution in [0.3, 0.4) is 0 Å². The highest BCUT2D eigenvalue weighted by atomic mass is 32.1. The average molecular weight is 578 g/mol. The summed E-state index contributed by atoms with van der Waals surface area (Å²) in [6.07, 6.45) is 0. The molecule has 204 valence electrons. The molecule has 4 heteroatoms. The van der Waals surface area contributed by atoms with E-state index in [2.05, 4.69) is 144 Å². The van der Waals surface area contributed by atoms with Gasteiger partial charge < -0.3 is 0 Å². The van der Waals surface area contributed by atoms with Gasteiger partial charge in [0, 0.05) is 41.9 Å². The molecule has 0 aliphatic carbocycles. The van der Waals surface area contributed by atoms with Crippen LogP contribution in [0.15, 0.2) is 140 Å². The fourth-order valence-corrected chi connectivity index (χ4v) is 8.09. The molecular weight excluding hydrogens is 555 g/mol. The van der Waals surface area contributed by atoms with Crippen molar-refractivity contribution in [3.05, 3.63) is 140 Å². The number of benzene rings is 7. The van der Waals surface area contributed by atoms with E-state index in [-0.39, 0.29) is 0 Å². The molecule has 44 heavy (non-hydrogen) atoms. The third-order valence-electron chi connectivity index (χ3n) is 8.97. The van der Waals surface area contributed by atoms with E-state index < -0.39 is 0 Å². The van der Waals surface area contributed by atoms with Crippen LogP contribution in [0.5, 0.6) is 0 Å². The summed E-state index contributed by atoms with van der Waals surface area (Å²) < 4.78 is 4.83. The predicted octanol–water partition coefficient (Wildman–Crippen LogP) is 11.1. The fourth-order valence-electron chi connectivity index (χ4n) is 6.95. The Morgan fingerprint density at radius 1 is 0.455 bits per heavy atom. The van der Waals surface area contributed by atoms with Crippen molar-refractivity contribution in [1.82, 2.24) is 14.5 Å². The standard InChI is InChI=1S/C40H23N3S/c1-2-11-26-22-35-32(21-25(26)10-1)38-28-12-4-3-9-24(28)18-20-34(38)43(35)40-41-33-15-7-5-14-31(33)39(42-40)27-17-19-30-29-13-6-8-16-36(29)44-37(30)23-27/h1-23H. The third kappa shape index (κ3) is 3.37. The van der Waals surface area contributed by atoms with Crippen LogP contribution in [0.25, 0.3) is 91.6 Å². The molecule has 0 amide bonds. The van der Waals surface area contributed by atoms with E-state index in [1.807, 2.05) is 11.3 Å². The van der Waals surface area contributed by atoms with Gasteiger partial charge in [-0.25, -0.2) is 9.97 Å². The van der Waals surface area contributed by atoms with Gasteiger partial charge in [-0.1, -0.05) is 103 Å². The highest BCUT2D eigenvalue weighted by Crippen LogP contribution is 2.40. The van der Waals surface area contributed by atoms with Crippen molar-refractivity contribution in [3.8, 4) is 17.2 Å². The Labute approximate surface area is 256 Å². The number of hydrogen-bond acceptors (Lipinski definition) is 3. The number of nitrogens with zero attached hydrogens (tertiary/aromatic N) is 3. The van der Waals surface area contributed by atoms with E-state index in [0.29, 0.717) is 5.95 Å². The van der Waals surface area contributed by atoms with Crippen molar-refractivity contribution in [2.45, 2.75) is 0 Å². The van der Waals surface area contributed by atoms with E-state index >= 15 is 0 Å². The quantitative estimate of drug-likeness (QED) is 0.205. The molecule has 3 heterocycles. The van der Waals surface area contributed by atoms with Gasteiger partial charge in [0.05, 0.1) is 22.2 Å². The summed E-state index contributed by atoms with van der Waals surface area (Å²) in [5.74, 6) is 0.681. The molecule has 0 saturated carbocycles. The van der Waals surface area contributed by atoms with Crippen LogP contribution < -0.4 is 0 Å². The van der Waals surface area contributed by atoms with Crippen molar-refractivity contribution < 1.29 is 0 Å². The molecule has 0 unspecified atom stereocenters. The number of fused-ring (bicyclic) bond motifs is 10. The molecule has 0 saturated heterocycles. The molecular formula is C40H23N3S. The van der Waals surface area contributed by atoms with Gasteiger partial charge in [-0.2, -0.15) is 0 Å². The van der Waals surface area contributed by atoms with Crippen LogP contribution in [0.4, 0.5) is 0 Å². The van der Waals surface area contributed by atoms with Gasteiger partial charge >= 0.3 is 0 Å². The van der Waals surface area contributed by atoms with Gasteiger partial charge in [-0.05, 0) is 57.9 Å². The van der Waals surface area contributed by atoms with Crippen molar-refractivity contribution in [2.24, 2.45) is 0 Å². The summed E-state index contributed by atoms with van der Waals surface area (Å²) in [4.78, 5) is 10.6. The zero-order valence-corrected chi connectivity index (χ0v) is 24.3. The lowest BCUT2D eigenvalue weighted by atomic mass is 10.0. The first-order valence-corrected chi connectivity index (χ1v) is 15.7. The maximum atomic E-state index is 5.39. The largest absolute Gasteiger partial charge is 0.278 e. The van der Waals surface area contributed by atoms with E-state index in [4.69, 9.17) is 9.97 Å². The van der Waals surface area contributed by atoms with E-state index in [9.17, 15) is 0 Å². The number of rotatable bonds is 2. The Kier molecular flexibility index (Phi) is 4.87. The first kappa shape index (κ1) is 23.9. The predicted molar refractivity (Wildman–Crippen MR) is 187 cm³/mol. The molecule has 0 fully saturated rings. The van der Waals surface area contributed by atoms with Gasteiger partial charge in [0.1, 0.15) is 0 Å². The third-order valence-corrected chi connectivity index (χ3v) is 10.1. The van der Waals surface area contributed by atoms with E-state index in [1.165, 1.54) is 52.5 Å². The van der Waals surface area contributed by atoms with E-state index in [1.54, 1.807) is 0 Å². The molecule has 7 aromatic carbocycles. The van der Waals surface area contributed by atoms with Gasteiger partial charge in [0.2, 0.25) is 5.95 Å². The topological polar surface area (TPSA) is 30.7 Å². The zero-order chi connectivity index (χ0) is 28.8. The Balaban J connectivity index is 1.32. The van der Waals surface area contributed by atoms with Crippen LogP contribution in [0.2, 0.25) is 0 Å². The smallest absolute Gasteiger partial charge is 0.235 e. The number of aromatic nitrogens is 3. The fraction of sp³-hybridized carbons (Fsp3) is 0. The first-order chi connectivity index (χ1) is 21.8. The van der Waals surface area contributed by atoms with Crippen molar-refractivity contribution in [2.75, 3.05) is 0 Å². The second-order valence-electron chi connectivity index (χ2n) is 11.4. The van der Waals surface area contributed by atoms with Gasteiger partial charge in [0.25, 0.3) is 0 Å². The summed E-state index contributed by atoms with van der Waals surface area (Å²) in [5, 5.41) is 11.0. The SMILES string of the molecule is c1ccc2cc3c(cc2c1)c1c2ccccc2ccc1n3-c1nc(-c2ccc3c(c2)sc2ccccc23)c2ccccc2n1. The number of para-hydroxylation sites is 1. The summed E-state index contributed by atoms with van der Waals surface area (Å²) >= 11 is 1.84. The minimum atomic E-state index is 0.681. The first-order valence-electron chi connectivity index (χ1n) is 14.8. The molecule has 0 atom stereocenters. The highest BCUT2D eigenvalue weighted by Gasteiger charge is 2.20. The summed E-state index contributed by atoms with van der Waals surface area (Å²) in [7, 11) is 0. The minimum absolute atomic E-state index is 0.681. The molecule has 0 radical (unpaired) electrons. The van der Waals surface area contributed by atoms with Crippen LogP contribution >= 0.6 is 11.3 Å². The molecule has 0 aliphatic heterocycles. The van der Waals surface area contributed by atoms with Crippen LogP contribution in [-0.2, 0) is 0 Å². The minimum Gasteiger partial charge on any atom is -0.278 e. The van der Waals surface area contributed by atoms with Gasteiger partial charge in [0.15, 0.2) is 0 Å². The summed E-state index contributed by atoms with van der Waals surface area (Å²) in [6, 6.07) is 50.1. The van der Waals surface area contributed by atoms with Crippen molar-refractivity contribution in [1.29, 1.82) is 0 Å². The molecule has 0 spiro atoms. The maximum Gasteiger partial charge on any atom is 0.235 e.